The molecule has 0 aliphatic carbocycles. The number of carbonyl (C=O) groups is 2. The highest BCUT2D eigenvalue weighted by Crippen LogP contribution is 2.13. The molecule has 0 spiro atoms. The van der Waals surface area contributed by atoms with Gasteiger partial charge in [0.2, 0.25) is 0 Å². The summed E-state index contributed by atoms with van der Waals surface area (Å²) in [6.07, 6.45) is 3.10. The molecular weight excluding hydrogens is 439 g/mol. The van der Waals surface area contributed by atoms with Crippen LogP contribution in [0.3, 0.4) is 0 Å². The molecule has 0 N–H and O–H groups in total. The van der Waals surface area contributed by atoms with E-state index in [2.05, 4.69) is 9.98 Å². The number of hydrogen-bond donors (Lipinski definition) is 0. The number of rotatable bonds is 6. The van der Waals surface area contributed by atoms with Crippen molar-refractivity contribution >= 4 is 28.6 Å². The lowest BCUT2D eigenvalue weighted by Gasteiger charge is -2.15. The Labute approximate surface area is 194 Å². The first-order valence-electron chi connectivity index (χ1n) is 11.0. The quantitative estimate of drug-likeness (QED) is 0.323. The molecule has 0 saturated heterocycles. The van der Waals surface area contributed by atoms with Crippen molar-refractivity contribution < 1.29 is 18.7 Å². The van der Waals surface area contributed by atoms with Gasteiger partial charge in [0.25, 0.3) is 11.5 Å². The molecule has 0 atom stereocenters. The Kier molecular flexibility index (Phi) is 6.62. The first-order chi connectivity index (χ1) is 16.4. The molecule has 8 nitrogen and oxygen atoms in total. The van der Waals surface area contributed by atoms with Gasteiger partial charge in [0, 0.05) is 18.3 Å². The van der Waals surface area contributed by atoms with E-state index in [0.717, 1.165) is 18.6 Å². The van der Waals surface area contributed by atoms with Crippen LogP contribution in [0.4, 0.5) is 4.39 Å². The van der Waals surface area contributed by atoms with Crippen LogP contribution in [0.15, 0.2) is 64.5 Å². The number of halogens is 1. The summed E-state index contributed by atoms with van der Waals surface area (Å²) in [5.41, 5.74) is 0.558. The number of unbranched alkanes of at least 4 members (excludes halogenated alkanes) is 1. The second-order valence-electron chi connectivity index (χ2n) is 7.61. The van der Waals surface area contributed by atoms with Crippen molar-refractivity contribution in [2.75, 3.05) is 6.61 Å². The third kappa shape index (κ3) is 4.36. The van der Waals surface area contributed by atoms with Crippen molar-refractivity contribution in [2.24, 2.45) is 4.99 Å². The summed E-state index contributed by atoms with van der Waals surface area (Å²) in [4.78, 5) is 48.0. The number of esters is 1. The Balaban J connectivity index is 2.10. The maximum atomic E-state index is 13.3. The molecule has 0 radical (unpaired) electrons. The number of hydrogen-bond acceptors (Lipinski definition) is 5. The van der Waals surface area contributed by atoms with E-state index in [0.29, 0.717) is 24.3 Å². The lowest BCUT2D eigenvalue weighted by atomic mass is 10.2. The van der Waals surface area contributed by atoms with E-state index in [1.165, 1.54) is 22.6 Å². The maximum Gasteiger partial charge on any atom is 0.341 e. The zero-order valence-corrected chi connectivity index (χ0v) is 18.8. The Bertz CT molecular complexity index is 1520. The van der Waals surface area contributed by atoms with E-state index in [-0.39, 0.29) is 34.2 Å². The topological polar surface area (TPSA) is 95.0 Å². The smallest absolute Gasteiger partial charge is 0.341 e. The zero-order valence-electron chi connectivity index (χ0n) is 18.8. The molecule has 4 rings (SSSR count). The second kappa shape index (κ2) is 9.78. The molecule has 0 saturated carbocycles. The van der Waals surface area contributed by atoms with Crippen LogP contribution in [-0.2, 0) is 11.3 Å². The Hall–Kier alpha value is -4.14. The molecule has 9 heteroatoms. The number of fused-ring (bicyclic) bond motifs is 2. The van der Waals surface area contributed by atoms with E-state index in [4.69, 9.17) is 4.74 Å². The van der Waals surface area contributed by atoms with Crippen LogP contribution in [0.25, 0.3) is 16.7 Å². The first kappa shape index (κ1) is 23.0. The van der Waals surface area contributed by atoms with Crippen LogP contribution >= 0.6 is 0 Å². The Morgan fingerprint density at radius 3 is 2.59 bits per heavy atom. The number of pyridine rings is 2. The van der Waals surface area contributed by atoms with Crippen molar-refractivity contribution in [3.05, 3.63) is 87.5 Å². The number of amides is 1. The van der Waals surface area contributed by atoms with Crippen molar-refractivity contribution in [3.63, 3.8) is 0 Å². The minimum absolute atomic E-state index is 0.0179. The number of benzene rings is 1. The van der Waals surface area contributed by atoms with Crippen molar-refractivity contribution in [3.8, 4) is 0 Å². The summed E-state index contributed by atoms with van der Waals surface area (Å²) in [7, 11) is 0. The minimum atomic E-state index is -0.710. The second-order valence-corrected chi connectivity index (χ2v) is 7.61. The van der Waals surface area contributed by atoms with Gasteiger partial charge < -0.3 is 9.30 Å². The third-order valence-corrected chi connectivity index (χ3v) is 5.32. The van der Waals surface area contributed by atoms with E-state index >= 15 is 0 Å². The average molecular weight is 462 g/mol. The number of ether oxygens (including phenoxy) is 1. The lowest BCUT2D eigenvalue weighted by molar-refractivity contribution is 0.0523. The van der Waals surface area contributed by atoms with Gasteiger partial charge in [-0.15, -0.1) is 0 Å². The van der Waals surface area contributed by atoms with Gasteiger partial charge >= 0.3 is 5.97 Å². The summed E-state index contributed by atoms with van der Waals surface area (Å²) in [6.45, 7) is 4.13. The summed E-state index contributed by atoms with van der Waals surface area (Å²) in [5.74, 6) is -1.85. The fraction of sp³-hybridized carbons (Fsp3) is 0.240. The average Bonchev–Trinajstić information content (AvgIpc) is 2.84. The van der Waals surface area contributed by atoms with E-state index in [1.807, 2.05) is 6.92 Å². The normalized spacial score (nSPS) is 11.8. The Morgan fingerprint density at radius 1 is 1.12 bits per heavy atom. The van der Waals surface area contributed by atoms with E-state index in [9.17, 15) is 18.8 Å². The lowest BCUT2D eigenvalue weighted by Crippen LogP contribution is -2.32. The zero-order chi connectivity index (χ0) is 24.2. The van der Waals surface area contributed by atoms with E-state index < -0.39 is 17.7 Å². The number of nitrogens with zero attached hydrogens (tertiary/aromatic N) is 4. The molecule has 4 aromatic rings. The molecule has 34 heavy (non-hydrogen) atoms. The van der Waals surface area contributed by atoms with Crippen LogP contribution in [-0.4, -0.2) is 32.4 Å². The van der Waals surface area contributed by atoms with Crippen LogP contribution in [0.1, 0.15) is 47.4 Å². The first-order valence-corrected chi connectivity index (χ1v) is 11.0. The van der Waals surface area contributed by atoms with Gasteiger partial charge in [-0.1, -0.05) is 19.4 Å². The Morgan fingerprint density at radius 2 is 1.88 bits per heavy atom. The molecule has 1 amide bonds. The van der Waals surface area contributed by atoms with E-state index in [1.54, 1.807) is 35.9 Å². The van der Waals surface area contributed by atoms with Crippen LogP contribution in [0, 0.1) is 5.82 Å². The van der Waals surface area contributed by atoms with Gasteiger partial charge in [-0.2, -0.15) is 4.99 Å². The fourth-order valence-electron chi connectivity index (χ4n) is 3.64. The number of aromatic nitrogens is 3. The highest BCUT2D eigenvalue weighted by atomic mass is 19.1. The molecule has 0 bridgehead atoms. The summed E-state index contributed by atoms with van der Waals surface area (Å²) >= 11 is 0. The molecule has 0 aliphatic heterocycles. The molecular formula is C25H23FN4O4. The standard InChI is InChI=1S/C25H23FN4O4/c1-3-5-13-30-21-18(24(32)29-14-7-6-8-20(29)27-21)15-19(25(33)34-4-2)22(30)28-23(31)16-9-11-17(26)12-10-16/h6-12,14-15H,3-5,13H2,1-2H3. The van der Waals surface area contributed by atoms with Gasteiger partial charge in [-0.25, -0.2) is 14.2 Å². The predicted octanol–water partition coefficient (Wildman–Crippen LogP) is 3.51. The van der Waals surface area contributed by atoms with Gasteiger partial charge in [-0.3, -0.25) is 14.0 Å². The summed E-state index contributed by atoms with van der Waals surface area (Å²) in [6, 6.07) is 11.5. The molecule has 3 heterocycles. The van der Waals surface area contributed by atoms with Gasteiger partial charge in [-0.05, 0) is 55.8 Å². The molecule has 0 fully saturated rings. The summed E-state index contributed by atoms with van der Waals surface area (Å²) < 4.78 is 21.5. The maximum absolute atomic E-state index is 13.3. The SMILES string of the molecule is CCCCn1c(=NC(=O)c2ccc(F)cc2)c(C(=O)OCC)cc2c(=O)n3ccccc3nc21. The fourth-order valence-corrected chi connectivity index (χ4v) is 3.64. The highest BCUT2D eigenvalue weighted by molar-refractivity contribution is 5.97. The van der Waals surface area contributed by atoms with Crippen LogP contribution in [0.5, 0.6) is 0 Å². The minimum Gasteiger partial charge on any atom is -0.462 e. The predicted molar refractivity (Wildman–Crippen MR) is 124 cm³/mol. The molecule has 3 aromatic heterocycles. The van der Waals surface area contributed by atoms with Crippen molar-refractivity contribution in [2.45, 2.75) is 33.2 Å². The summed E-state index contributed by atoms with van der Waals surface area (Å²) in [5, 5.41) is 0.205. The van der Waals surface area contributed by atoms with Gasteiger partial charge in [0.15, 0.2) is 5.49 Å². The molecule has 174 valence electrons. The van der Waals surface area contributed by atoms with Crippen LogP contribution in [0.2, 0.25) is 0 Å². The van der Waals surface area contributed by atoms with Crippen LogP contribution < -0.4 is 11.0 Å². The number of carbonyl (C=O) groups excluding carboxylic acids is 2. The molecule has 0 unspecified atom stereocenters. The number of aryl methyl sites for hydroxylation is 1. The monoisotopic (exact) mass is 462 g/mol. The molecule has 0 aliphatic rings. The largest absolute Gasteiger partial charge is 0.462 e. The van der Waals surface area contributed by atoms with Gasteiger partial charge in [0.1, 0.15) is 22.7 Å². The third-order valence-electron chi connectivity index (χ3n) is 5.32. The van der Waals surface area contributed by atoms with Crippen molar-refractivity contribution in [1.29, 1.82) is 0 Å². The van der Waals surface area contributed by atoms with Crippen molar-refractivity contribution in [1.82, 2.24) is 14.0 Å². The van der Waals surface area contributed by atoms with Gasteiger partial charge in [0.05, 0.1) is 12.0 Å². The highest BCUT2D eigenvalue weighted by Gasteiger charge is 2.20. The molecule has 1 aromatic carbocycles.